The summed E-state index contributed by atoms with van der Waals surface area (Å²) in [6.07, 6.45) is 4.44. The number of aryl methyl sites for hydroxylation is 1. The fourth-order valence-corrected chi connectivity index (χ4v) is 2.24. The van der Waals surface area contributed by atoms with Crippen molar-refractivity contribution in [1.29, 1.82) is 0 Å². The van der Waals surface area contributed by atoms with Crippen LogP contribution in [0.15, 0.2) is 12.1 Å². The fraction of sp³-hybridized carbons (Fsp3) is 0.571. The lowest BCUT2D eigenvalue weighted by molar-refractivity contribution is -0.384. The van der Waals surface area contributed by atoms with Crippen molar-refractivity contribution >= 4 is 11.4 Å². The molecule has 0 aliphatic heterocycles. The molecule has 0 heterocycles. The van der Waals surface area contributed by atoms with Gasteiger partial charge < -0.3 is 5.32 Å². The molecule has 1 saturated carbocycles. The highest BCUT2D eigenvalue weighted by molar-refractivity contribution is 5.63. The lowest BCUT2D eigenvalue weighted by atomic mass is 10.1. The third-order valence-corrected chi connectivity index (χ3v) is 3.64. The molecule has 1 aromatic carbocycles. The Hall–Kier alpha value is -1.65. The molecule has 0 bridgehead atoms. The van der Waals surface area contributed by atoms with Crippen molar-refractivity contribution in [2.24, 2.45) is 5.92 Å². The van der Waals surface area contributed by atoms with Crippen molar-refractivity contribution in [3.8, 4) is 0 Å². The van der Waals surface area contributed by atoms with Gasteiger partial charge in [0.2, 0.25) is 0 Å². The largest absolute Gasteiger partial charge is 0.377 e. The third-order valence-electron chi connectivity index (χ3n) is 3.64. The molecule has 1 N–H and O–H groups in total. The Kier molecular flexibility index (Phi) is 4.02. The summed E-state index contributed by atoms with van der Waals surface area (Å²) in [6.45, 7) is 3.67. The van der Waals surface area contributed by atoms with Crippen molar-refractivity contribution in [3.63, 3.8) is 0 Å². The zero-order valence-electron chi connectivity index (χ0n) is 11.3. The first kappa shape index (κ1) is 13.8. The zero-order chi connectivity index (χ0) is 14.0. The van der Waals surface area contributed by atoms with Crippen LogP contribution in [0.4, 0.5) is 15.8 Å². The van der Waals surface area contributed by atoms with E-state index in [2.05, 4.69) is 12.2 Å². The van der Waals surface area contributed by atoms with E-state index in [4.69, 9.17) is 0 Å². The topological polar surface area (TPSA) is 55.2 Å². The molecule has 0 saturated heterocycles. The normalized spacial score (nSPS) is 16.2. The highest BCUT2D eigenvalue weighted by atomic mass is 19.1. The van der Waals surface area contributed by atoms with E-state index in [1.807, 2.05) is 0 Å². The zero-order valence-corrected chi connectivity index (χ0v) is 11.3. The molecule has 4 nitrogen and oxygen atoms in total. The summed E-state index contributed by atoms with van der Waals surface area (Å²) in [5.41, 5.74) is 0.670. The minimum absolute atomic E-state index is 0.183. The number of nitrogens with one attached hydrogen (secondary N) is 1. The molecule has 0 radical (unpaired) electrons. The SMILES string of the molecule is CCC(CC1CC1)Nc1cc(C)c(F)cc1[N+](=O)[O-]. The number of benzene rings is 1. The molecular weight excluding hydrogens is 247 g/mol. The van der Waals surface area contributed by atoms with Gasteiger partial charge in [0.15, 0.2) is 0 Å². The maximum atomic E-state index is 13.4. The van der Waals surface area contributed by atoms with Crippen molar-refractivity contribution in [1.82, 2.24) is 0 Å². The van der Waals surface area contributed by atoms with E-state index < -0.39 is 10.7 Å². The first-order valence-electron chi connectivity index (χ1n) is 6.72. The summed E-state index contributed by atoms with van der Waals surface area (Å²) < 4.78 is 13.4. The van der Waals surface area contributed by atoms with Crippen LogP contribution in [0.2, 0.25) is 0 Å². The lowest BCUT2D eigenvalue weighted by Gasteiger charge is -2.18. The Morgan fingerprint density at radius 1 is 1.53 bits per heavy atom. The van der Waals surface area contributed by atoms with Gasteiger partial charge in [-0.1, -0.05) is 19.8 Å². The Labute approximate surface area is 112 Å². The lowest BCUT2D eigenvalue weighted by Crippen LogP contribution is -2.20. The quantitative estimate of drug-likeness (QED) is 0.624. The number of nitro benzene ring substituents is 1. The molecule has 1 atom stereocenters. The molecule has 1 aliphatic carbocycles. The van der Waals surface area contributed by atoms with Crippen LogP contribution in [-0.4, -0.2) is 11.0 Å². The molecule has 1 aromatic rings. The van der Waals surface area contributed by atoms with Crippen LogP contribution in [-0.2, 0) is 0 Å². The van der Waals surface area contributed by atoms with Gasteiger partial charge in [0.05, 0.1) is 11.0 Å². The number of hydrogen-bond donors (Lipinski definition) is 1. The van der Waals surface area contributed by atoms with E-state index in [0.29, 0.717) is 11.3 Å². The van der Waals surface area contributed by atoms with E-state index in [1.165, 1.54) is 18.9 Å². The van der Waals surface area contributed by atoms with Gasteiger partial charge in [-0.05, 0) is 37.3 Å². The standard InChI is InChI=1S/C14H19FN2O2/c1-3-11(7-10-4-5-10)16-13-6-9(2)12(15)8-14(13)17(18)19/h6,8,10-11,16H,3-5,7H2,1-2H3. The summed E-state index contributed by atoms with van der Waals surface area (Å²) in [7, 11) is 0. The second-order valence-electron chi connectivity index (χ2n) is 5.30. The highest BCUT2D eigenvalue weighted by Gasteiger charge is 2.26. The molecule has 1 fully saturated rings. The molecule has 104 valence electrons. The second kappa shape index (κ2) is 5.55. The first-order valence-corrected chi connectivity index (χ1v) is 6.72. The van der Waals surface area contributed by atoms with Crippen LogP contribution in [0.5, 0.6) is 0 Å². The number of nitrogens with zero attached hydrogens (tertiary/aromatic N) is 1. The smallest absolute Gasteiger partial charge is 0.295 e. The molecule has 1 aliphatic rings. The number of rotatable bonds is 6. The van der Waals surface area contributed by atoms with Crippen molar-refractivity contribution in [2.75, 3.05) is 5.32 Å². The van der Waals surface area contributed by atoms with Gasteiger partial charge >= 0.3 is 0 Å². The molecule has 0 aromatic heterocycles. The first-order chi connectivity index (χ1) is 9.01. The molecule has 19 heavy (non-hydrogen) atoms. The monoisotopic (exact) mass is 266 g/mol. The Morgan fingerprint density at radius 2 is 2.21 bits per heavy atom. The maximum absolute atomic E-state index is 13.4. The van der Waals surface area contributed by atoms with E-state index >= 15 is 0 Å². The van der Waals surface area contributed by atoms with Gasteiger partial charge in [0, 0.05) is 6.04 Å². The highest BCUT2D eigenvalue weighted by Crippen LogP contribution is 2.36. The van der Waals surface area contributed by atoms with Crippen LogP contribution >= 0.6 is 0 Å². The van der Waals surface area contributed by atoms with Gasteiger partial charge in [-0.3, -0.25) is 10.1 Å². The molecule has 0 spiro atoms. The third kappa shape index (κ3) is 3.43. The number of halogens is 1. The summed E-state index contributed by atoms with van der Waals surface area (Å²) in [5, 5.41) is 14.2. The van der Waals surface area contributed by atoms with Gasteiger partial charge in [0.1, 0.15) is 11.5 Å². The molecule has 5 heteroatoms. The van der Waals surface area contributed by atoms with Crippen LogP contribution in [0, 0.1) is 28.8 Å². The van der Waals surface area contributed by atoms with E-state index in [-0.39, 0.29) is 11.7 Å². The van der Waals surface area contributed by atoms with Crippen molar-refractivity contribution < 1.29 is 9.31 Å². The average molecular weight is 266 g/mol. The summed E-state index contributed by atoms with van der Waals surface area (Å²) in [5.74, 6) is 0.213. The molecule has 1 unspecified atom stereocenters. The minimum Gasteiger partial charge on any atom is -0.377 e. The van der Waals surface area contributed by atoms with Crippen LogP contribution in [0.25, 0.3) is 0 Å². The van der Waals surface area contributed by atoms with Crippen LogP contribution in [0.1, 0.15) is 38.2 Å². The summed E-state index contributed by atoms with van der Waals surface area (Å²) in [4.78, 5) is 10.5. The molecular formula is C14H19FN2O2. The van der Waals surface area contributed by atoms with Gasteiger partial charge in [-0.2, -0.15) is 0 Å². The van der Waals surface area contributed by atoms with E-state index in [0.717, 1.165) is 24.8 Å². The van der Waals surface area contributed by atoms with E-state index in [9.17, 15) is 14.5 Å². The fourth-order valence-electron chi connectivity index (χ4n) is 2.24. The average Bonchev–Trinajstić information content (AvgIpc) is 3.16. The summed E-state index contributed by atoms with van der Waals surface area (Å²) >= 11 is 0. The van der Waals surface area contributed by atoms with Crippen LogP contribution in [0.3, 0.4) is 0 Å². The predicted molar refractivity (Wildman–Crippen MR) is 72.8 cm³/mol. The van der Waals surface area contributed by atoms with Gasteiger partial charge in [-0.25, -0.2) is 4.39 Å². The molecule has 2 rings (SSSR count). The van der Waals surface area contributed by atoms with Crippen molar-refractivity contribution in [2.45, 2.75) is 45.6 Å². The Balaban J connectivity index is 2.21. The predicted octanol–water partition coefficient (Wildman–Crippen LogP) is 4.03. The maximum Gasteiger partial charge on any atom is 0.295 e. The van der Waals surface area contributed by atoms with Gasteiger partial charge in [-0.15, -0.1) is 0 Å². The molecule has 0 amide bonds. The van der Waals surface area contributed by atoms with Crippen molar-refractivity contribution in [3.05, 3.63) is 33.6 Å². The Bertz CT molecular complexity index is 487. The van der Waals surface area contributed by atoms with E-state index in [1.54, 1.807) is 6.92 Å². The Morgan fingerprint density at radius 3 is 2.74 bits per heavy atom. The van der Waals surface area contributed by atoms with Crippen LogP contribution < -0.4 is 5.32 Å². The minimum atomic E-state index is -0.535. The number of hydrogen-bond acceptors (Lipinski definition) is 3. The second-order valence-corrected chi connectivity index (χ2v) is 5.30. The number of anilines is 1. The summed E-state index contributed by atoms with van der Waals surface area (Å²) in [6, 6.07) is 2.75. The van der Waals surface area contributed by atoms with Gasteiger partial charge in [0.25, 0.3) is 5.69 Å². The number of nitro groups is 1.